The van der Waals surface area contributed by atoms with Crippen molar-refractivity contribution < 1.29 is 13.6 Å². The van der Waals surface area contributed by atoms with Gasteiger partial charge in [-0.15, -0.1) is 0 Å². The number of fused-ring (bicyclic) bond motifs is 1. The van der Waals surface area contributed by atoms with Gasteiger partial charge in [0.15, 0.2) is 0 Å². The number of carbonyl (C=O) groups is 1. The molecule has 0 fully saturated rings. The highest BCUT2D eigenvalue weighted by molar-refractivity contribution is 9.10. The smallest absolute Gasteiger partial charge is 0.256 e. The molecular weight excluding hydrogens is 426 g/mol. The van der Waals surface area contributed by atoms with Crippen LogP contribution in [0.25, 0.3) is 22.2 Å². The Kier molecular flexibility index (Phi) is 4.88. The van der Waals surface area contributed by atoms with Crippen LogP contribution in [0.15, 0.2) is 77.3 Å². The van der Waals surface area contributed by atoms with Crippen LogP contribution in [-0.4, -0.2) is 10.9 Å². The highest BCUT2D eigenvalue weighted by atomic mass is 79.9. The van der Waals surface area contributed by atoms with E-state index < -0.39 is 17.5 Å². The lowest BCUT2D eigenvalue weighted by molar-refractivity contribution is 0.102. The van der Waals surface area contributed by atoms with E-state index in [1.165, 1.54) is 0 Å². The summed E-state index contributed by atoms with van der Waals surface area (Å²) in [5.41, 5.74) is 2.19. The molecule has 0 spiro atoms. The van der Waals surface area contributed by atoms with E-state index in [1.54, 1.807) is 24.3 Å². The van der Waals surface area contributed by atoms with Crippen molar-refractivity contribution in [1.29, 1.82) is 0 Å². The fourth-order valence-electron chi connectivity index (χ4n) is 2.91. The number of pyridine rings is 1. The van der Waals surface area contributed by atoms with Gasteiger partial charge in [-0.2, -0.15) is 0 Å². The normalized spacial score (nSPS) is 10.8. The molecule has 0 atom stereocenters. The Morgan fingerprint density at radius 3 is 2.46 bits per heavy atom. The first kappa shape index (κ1) is 18.3. The predicted octanol–water partition coefficient (Wildman–Crippen LogP) is 6.19. The maximum atomic E-state index is 13.9. The number of aromatic nitrogens is 1. The third kappa shape index (κ3) is 3.64. The second-order valence-corrected chi connectivity index (χ2v) is 7.07. The summed E-state index contributed by atoms with van der Waals surface area (Å²) in [7, 11) is 0. The van der Waals surface area contributed by atoms with Crippen molar-refractivity contribution in [2.24, 2.45) is 0 Å². The lowest BCUT2D eigenvalue weighted by Crippen LogP contribution is -2.14. The monoisotopic (exact) mass is 438 g/mol. The van der Waals surface area contributed by atoms with Gasteiger partial charge in [0.05, 0.1) is 22.5 Å². The van der Waals surface area contributed by atoms with Crippen molar-refractivity contribution in [3.63, 3.8) is 0 Å². The number of halogens is 3. The van der Waals surface area contributed by atoms with E-state index in [4.69, 9.17) is 0 Å². The first-order valence-electron chi connectivity index (χ1n) is 8.43. The fourth-order valence-corrected chi connectivity index (χ4v) is 3.18. The van der Waals surface area contributed by atoms with E-state index in [2.05, 4.69) is 26.2 Å². The molecule has 0 saturated heterocycles. The van der Waals surface area contributed by atoms with E-state index in [9.17, 15) is 13.6 Å². The van der Waals surface area contributed by atoms with Gasteiger partial charge in [-0.05, 0) is 36.4 Å². The van der Waals surface area contributed by atoms with Gasteiger partial charge in [0.25, 0.3) is 5.91 Å². The van der Waals surface area contributed by atoms with Gasteiger partial charge >= 0.3 is 0 Å². The number of carbonyl (C=O) groups excluding carboxylic acids is 1. The molecule has 3 nitrogen and oxygen atoms in total. The SMILES string of the molecule is O=C(Nc1cc(F)ccc1F)c1cc(-c2ccc(Br)cc2)nc2ccccc12. The van der Waals surface area contributed by atoms with Crippen LogP contribution in [0.3, 0.4) is 0 Å². The molecule has 4 aromatic rings. The molecule has 1 aromatic heterocycles. The molecule has 0 bridgehead atoms. The molecule has 1 N–H and O–H groups in total. The Morgan fingerprint density at radius 2 is 1.68 bits per heavy atom. The van der Waals surface area contributed by atoms with Crippen LogP contribution in [0, 0.1) is 11.6 Å². The maximum Gasteiger partial charge on any atom is 0.256 e. The van der Waals surface area contributed by atoms with Crippen LogP contribution in [0.1, 0.15) is 10.4 Å². The highest BCUT2D eigenvalue weighted by Crippen LogP contribution is 2.27. The van der Waals surface area contributed by atoms with Gasteiger partial charge in [-0.1, -0.05) is 46.3 Å². The number of nitrogens with one attached hydrogen (secondary N) is 1. The summed E-state index contributed by atoms with van der Waals surface area (Å²) < 4.78 is 28.3. The summed E-state index contributed by atoms with van der Waals surface area (Å²) in [4.78, 5) is 17.5. The topological polar surface area (TPSA) is 42.0 Å². The van der Waals surface area contributed by atoms with E-state index in [-0.39, 0.29) is 5.69 Å². The molecule has 138 valence electrons. The quantitative estimate of drug-likeness (QED) is 0.413. The van der Waals surface area contributed by atoms with Crippen molar-refractivity contribution in [3.05, 3.63) is 94.5 Å². The molecule has 3 aromatic carbocycles. The van der Waals surface area contributed by atoms with Crippen molar-refractivity contribution in [2.45, 2.75) is 0 Å². The Balaban J connectivity index is 1.81. The lowest BCUT2D eigenvalue weighted by atomic mass is 10.0. The van der Waals surface area contributed by atoms with E-state index in [0.717, 1.165) is 28.2 Å². The number of hydrogen-bond donors (Lipinski definition) is 1. The van der Waals surface area contributed by atoms with Crippen LogP contribution in [0.5, 0.6) is 0 Å². The Bertz CT molecular complexity index is 1190. The third-order valence-electron chi connectivity index (χ3n) is 4.28. The second kappa shape index (κ2) is 7.48. The molecule has 0 aliphatic heterocycles. The lowest BCUT2D eigenvalue weighted by Gasteiger charge is -2.11. The fraction of sp³-hybridized carbons (Fsp3) is 0. The van der Waals surface area contributed by atoms with Crippen LogP contribution in [0.2, 0.25) is 0 Å². The van der Waals surface area contributed by atoms with Crippen molar-refractivity contribution in [1.82, 2.24) is 4.98 Å². The first-order chi connectivity index (χ1) is 13.5. The van der Waals surface area contributed by atoms with Crippen molar-refractivity contribution in [3.8, 4) is 11.3 Å². The minimum absolute atomic E-state index is 0.212. The summed E-state index contributed by atoms with van der Waals surface area (Å²) in [5, 5.41) is 3.08. The number of amides is 1. The zero-order valence-corrected chi connectivity index (χ0v) is 16.0. The zero-order valence-electron chi connectivity index (χ0n) is 14.4. The van der Waals surface area contributed by atoms with E-state index >= 15 is 0 Å². The molecule has 0 saturated carbocycles. The molecule has 0 aliphatic carbocycles. The number of nitrogens with zero attached hydrogens (tertiary/aromatic N) is 1. The van der Waals surface area contributed by atoms with Gasteiger partial charge in [-0.3, -0.25) is 4.79 Å². The summed E-state index contributed by atoms with van der Waals surface area (Å²) in [6.07, 6.45) is 0. The van der Waals surface area contributed by atoms with E-state index in [0.29, 0.717) is 22.2 Å². The minimum atomic E-state index is -0.707. The zero-order chi connectivity index (χ0) is 19.7. The first-order valence-corrected chi connectivity index (χ1v) is 9.23. The van der Waals surface area contributed by atoms with Gasteiger partial charge in [0, 0.05) is 21.5 Å². The second-order valence-electron chi connectivity index (χ2n) is 6.16. The van der Waals surface area contributed by atoms with Crippen LogP contribution in [-0.2, 0) is 0 Å². The molecular formula is C22H13BrF2N2O. The minimum Gasteiger partial charge on any atom is -0.319 e. The molecule has 4 rings (SSSR count). The van der Waals surface area contributed by atoms with Gasteiger partial charge < -0.3 is 5.32 Å². The number of benzene rings is 3. The number of rotatable bonds is 3. The number of para-hydroxylation sites is 1. The average molecular weight is 439 g/mol. The maximum absolute atomic E-state index is 13.9. The molecule has 1 heterocycles. The van der Waals surface area contributed by atoms with Gasteiger partial charge in [0.1, 0.15) is 11.6 Å². The van der Waals surface area contributed by atoms with E-state index in [1.807, 2.05) is 30.3 Å². The summed E-state index contributed by atoms with van der Waals surface area (Å²) in [6, 6.07) is 19.3. The van der Waals surface area contributed by atoms with Gasteiger partial charge in [-0.25, -0.2) is 13.8 Å². The molecule has 1 amide bonds. The molecule has 28 heavy (non-hydrogen) atoms. The van der Waals surface area contributed by atoms with Crippen molar-refractivity contribution in [2.75, 3.05) is 5.32 Å². The van der Waals surface area contributed by atoms with Crippen LogP contribution >= 0.6 is 15.9 Å². The number of hydrogen-bond acceptors (Lipinski definition) is 2. The summed E-state index contributed by atoms with van der Waals surface area (Å²) >= 11 is 3.39. The molecule has 0 aliphatic rings. The van der Waals surface area contributed by atoms with Crippen molar-refractivity contribution >= 4 is 38.4 Å². The Morgan fingerprint density at radius 1 is 0.929 bits per heavy atom. The molecule has 6 heteroatoms. The van der Waals surface area contributed by atoms with Crippen LogP contribution in [0.4, 0.5) is 14.5 Å². The Hall–Kier alpha value is -3.12. The number of anilines is 1. The Labute approximate surface area is 168 Å². The summed E-state index contributed by atoms with van der Waals surface area (Å²) in [5.74, 6) is -1.88. The molecule has 0 unspecified atom stereocenters. The summed E-state index contributed by atoms with van der Waals surface area (Å²) in [6.45, 7) is 0. The van der Waals surface area contributed by atoms with Gasteiger partial charge in [0.2, 0.25) is 0 Å². The predicted molar refractivity (Wildman–Crippen MR) is 109 cm³/mol. The third-order valence-corrected chi connectivity index (χ3v) is 4.81. The standard InChI is InChI=1S/C22H13BrF2N2O/c23-14-7-5-13(6-8-14)20-12-17(16-3-1-2-4-19(16)26-20)22(28)27-21-11-15(24)9-10-18(21)25/h1-12H,(H,27,28). The molecule has 0 radical (unpaired) electrons. The average Bonchev–Trinajstić information content (AvgIpc) is 2.70. The highest BCUT2D eigenvalue weighted by Gasteiger charge is 2.16. The largest absolute Gasteiger partial charge is 0.319 e. The van der Waals surface area contributed by atoms with Crippen LogP contribution < -0.4 is 5.32 Å².